The van der Waals surface area contributed by atoms with Gasteiger partial charge in [-0.05, 0) is 42.7 Å². The summed E-state index contributed by atoms with van der Waals surface area (Å²) < 4.78 is 0. The van der Waals surface area contributed by atoms with Crippen LogP contribution in [-0.2, 0) is 5.41 Å². The van der Waals surface area contributed by atoms with Crippen LogP contribution in [0.2, 0.25) is 10.0 Å². The standard InChI is InChI=1S/C15H10Cl2N2/c16-11-2-3-13(17)12(7-11)14-4-1-10(8-19-14)15(9-18)5-6-15/h1-4,7-8H,5-6H2. The average Bonchev–Trinajstić information content (AvgIpc) is 3.23. The molecule has 19 heavy (non-hydrogen) atoms. The fourth-order valence-electron chi connectivity index (χ4n) is 2.12. The highest BCUT2D eigenvalue weighted by Gasteiger charge is 2.45. The topological polar surface area (TPSA) is 36.7 Å². The van der Waals surface area contributed by atoms with Crippen LogP contribution in [0.1, 0.15) is 18.4 Å². The highest BCUT2D eigenvalue weighted by Crippen LogP contribution is 2.47. The first-order chi connectivity index (χ1) is 9.14. The molecule has 0 radical (unpaired) electrons. The van der Waals surface area contributed by atoms with E-state index < -0.39 is 0 Å². The normalized spacial score (nSPS) is 15.8. The lowest BCUT2D eigenvalue weighted by atomic mass is 9.99. The maximum Gasteiger partial charge on any atom is 0.0838 e. The summed E-state index contributed by atoms with van der Waals surface area (Å²) in [6.07, 6.45) is 3.60. The third kappa shape index (κ3) is 2.20. The van der Waals surface area contributed by atoms with Crippen LogP contribution in [0, 0.1) is 11.3 Å². The van der Waals surface area contributed by atoms with E-state index in [-0.39, 0.29) is 5.41 Å². The maximum absolute atomic E-state index is 9.16. The number of nitriles is 1. The second kappa shape index (κ2) is 4.52. The first-order valence-electron chi connectivity index (χ1n) is 5.98. The molecule has 0 spiro atoms. The van der Waals surface area contributed by atoms with Crippen molar-refractivity contribution in [2.75, 3.05) is 0 Å². The number of halogens is 2. The van der Waals surface area contributed by atoms with Crippen LogP contribution >= 0.6 is 23.2 Å². The molecule has 0 unspecified atom stereocenters. The molecule has 2 nitrogen and oxygen atoms in total. The Kier molecular flexibility index (Phi) is 2.97. The molecule has 3 rings (SSSR count). The van der Waals surface area contributed by atoms with E-state index in [9.17, 15) is 0 Å². The van der Waals surface area contributed by atoms with Crippen molar-refractivity contribution in [1.29, 1.82) is 5.26 Å². The second-order valence-electron chi connectivity index (χ2n) is 4.75. The lowest BCUT2D eigenvalue weighted by Gasteiger charge is -2.08. The number of nitrogens with zero attached hydrogens (tertiary/aromatic N) is 2. The van der Waals surface area contributed by atoms with Gasteiger partial charge in [-0.3, -0.25) is 4.98 Å². The van der Waals surface area contributed by atoms with Gasteiger partial charge in [0.25, 0.3) is 0 Å². The van der Waals surface area contributed by atoms with Crippen molar-refractivity contribution in [1.82, 2.24) is 4.98 Å². The minimum absolute atomic E-state index is 0.302. The predicted octanol–water partition coefficient (Wildman–Crippen LogP) is 4.61. The maximum atomic E-state index is 9.16. The number of benzene rings is 1. The molecule has 0 bridgehead atoms. The van der Waals surface area contributed by atoms with Gasteiger partial charge in [-0.25, -0.2) is 0 Å². The van der Waals surface area contributed by atoms with Crippen molar-refractivity contribution < 1.29 is 0 Å². The van der Waals surface area contributed by atoms with Crippen molar-refractivity contribution in [2.24, 2.45) is 0 Å². The van der Waals surface area contributed by atoms with Gasteiger partial charge in [0.15, 0.2) is 0 Å². The van der Waals surface area contributed by atoms with Gasteiger partial charge >= 0.3 is 0 Å². The summed E-state index contributed by atoms with van der Waals surface area (Å²) in [5.74, 6) is 0. The number of rotatable bonds is 2. The van der Waals surface area contributed by atoms with Crippen LogP contribution in [0.5, 0.6) is 0 Å². The van der Waals surface area contributed by atoms with Crippen LogP contribution < -0.4 is 0 Å². The number of hydrogen-bond acceptors (Lipinski definition) is 2. The molecule has 0 amide bonds. The highest BCUT2D eigenvalue weighted by molar-refractivity contribution is 6.35. The van der Waals surface area contributed by atoms with Gasteiger partial charge in [-0.15, -0.1) is 0 Å². The SMILES string of the molecule is N#CC1(c2ccc(-c3cc(Cl)ccc3Cl)nc2)CC1. The Labute approximate surface area is 121 Å². The van der Waals surface area contributed by atoms with Gasteiger partial charge in [-0.1, -0.05) is 29.3 Å². The molecule has 2 aromatic rings. The zero-order valence-corrected chi connectivity index (χ0v) is 11.5. The molecule has 0 atom stereocenters. The quantitative estimate of drug-likeness (QED) is 0.809. The van der Waals surface area contributed by atoms with Gasteiger partial charge in [0.05, 0.1) is 22.2 Å². The van der Waals surface area contributed by atoms with Crippen molar-refractivity contribution in [3.63, 3.8) is 0 Å². The van der Waals surface area contributed by atoms with Crippen LogP contribution in [0.15, 0.2) is 36.5 Å². The molecule has 0 aliphatic heterocycles. The summed E-state index contributed by atoms with van der Waals surface area (Å²) in [4.78, 5) is 4.41. The van der Waals surface area contributed by atoms with Crippen molar-refractivity contribution in [3.8, 4) is 17.3 Å². The van der Waals surface area contributed by atoms with Gasteiger partial charge in [0.1, 0.15) is 0 Å². The Balaban J connectivity index is 1.99. The molecule has 1 aromatic heterocycles. The Morgan fingerprint density at radius 2 is 1.95 bits per heavy atom. The lowest BCUT2D eigenvalue weighted by Crippen LogP contribution is -2.03. The molecule has 1 heterocycles. The first kappa shape index (κ1) is 12.5. The molecule has 1 aliphatic carbocycles. The predicted molar refractivity (Wildman–Crippen MR) is 76.2 cm³/mol. The van der Waals surface area contributed by atoms with Gasteiger partial charge in [0.2, 0.25) is 0 Å². The monoisotopic (exact) mass is 288 g/mol. The van der Waals surface area contributed by atoms with E-state index in [1.807, 2.05) is 12.1 Å². The molecule has 1 fully saturated rings. The first-order valence-corrected chi connectivity index (χ1v) is 6.73. The van der Waals surface area contributed by atoms with E-state index in [0.29, 0.717) is 10.0 Å². The van der Waals surface area contributed by atoms with Crippen LogP contribution in [-0.4, -0.2) is 4.98 Å². The third-order valence-corrected chi connectivity index (χ3v) is 4.05. The van der Waals surface area contributed by atoms with E-state index in [4.69, 9.17) is 28.5 Å². The number of hydrogen-bond donors (Lipinski definition) is 0. The van der Waals surface area contributed by atoms with Crippen molar-refractivity contribution in [2.45, 2.75) is 18.3 Å². The minimum Gasteiger partial charge on any atom is -0.256 e. The zero-order chi connectivity index (χ0) is 13.5. The Hall–Kier alpha value is -1.56. The van der Waals surface area contributed by atoms with E-state index in [1.165, 1.54) is 0 Å². The Morgan fingerprint density at radius 1 is 1.16 bits per heavy atom. The third-order valence-electron chi connectivity index (χ3n) is 3.48. The van der Waals surface area contributed by atoms with Gasteiger partial charge in [0, 0.05) is 16.8 Å². The van der Waals surface area contributed by atoms with E-state index in [2.05, 4.69) is 11.1 Å². The Morgan fingerprint density at radius 3 is 2.53 bits per heavy atom. The molecular weight excluding hydrogens is 279 g/mol. The van der Waals surface area contributed by atoms with Crippen LogP contribution in [0.3, 0.4) is 0 Å². The van der Waals surface area contributed by atoms with Crippen molar-refractivity contribution in [3.05, 3.63) is 52.1 Å². The van der Waals surface area contributed by atoms with Crippen LogP contribution in [0.4, 0.5) is 0 Å². The van der Waals surface area contributed by atoms with Crippen molar-refractivity contribution >= 4 is 23.2 Å². The molecule has 1 saturated carbocycles. The average molecular weight is 289 g/mol. The Bertz CT molecular complexity index is 668. The molecule has 1 aromatic carbocycles. The largest absolute Gasteiger partial charge is 0.256 e. The zero-order valence-electron chi connectivity index (χ0n) is 10.0. The number of aromatic nitrogens is 1. The summed E-state index contributed by atoms with van der Waals surface area (Å²) in [6.45, 7) is 0. The summed E-state index contributed by atoms with van der Waals surface area (Å²) in [7, 11) is 0. The fraction of sp³-hybridized carbons (Fsp3) is 0.200. The van der Waals surface area contributed by atoms with Gasteiger partial charge in [-0.2, -0.15) is 5.26 Å². The fourth-order valence-corrected chi connectivity index (χ4v) is 2.51. The molecule has 4 heteroatoms. The van der Waals surface area contributed by atoms with Gasteiger partial charge < -0.3 is 0 Å². The summed E-state index contributed by atoms with van der Waals surface area (Å²) in [6, 6.07) is 11.5. The summed E-state index contributed by atoms with van der Waals surface area (Å²) in [5, 5.41) is 10.4. The lowest BCUT2D eigenvalue weighted by molar-refractivity contribution is 0.898. The molecule has 94 valence electrons. The highest BCUT2D eigenvalue weighted by atomic mass is 35.5. The van der Waals surface area contributed by atoms with E-state index in [1.54, 1.807) is 24.4 Å². The molecular formula is C15H10Cl2N2. The summed E-state index contributed by atoms with van der Waals surface area (Å²) in [5.41, 5.74) is 2.26. The molecule has 0 saturated heterocycles. The molecule has 0 N–H and O–H groups in total. The number of pyridine rings is 1. The van der Waals surface area contributed by atoms with Crippen LogP contribution in [0.25, 0.3) is 11.3 Å². The molecule has 1 aliphatic rings. The minimum atomic E-state index is -0.302. The van der Waals surface area contributed by atoms with E-state index in [0.717, 1.165) is 29.7 Å². The summed E-state index contributed by atoms with van der Waals surface area (Å²) >= 11 is 12.1. The second-order valence-corrected chi connectivity index (χ2v) is 5.59. The van der Waals surface area contributed by atoms with E-state index >= 15 is 0 Å². The smallest absolute Gasteiger partial charge is 0.0838 e.